The summed E-state index contributed by atoms with van der Waals surface area (Å²) in [5.74, 6) is 0.695. The molecule has 0 aromatic rings. The van der Waals surface area contributed by atoms with Crippen LogP contribution in [0.4, 0.5) is 4.39 Å². The predicted octanol–water partition coefficient (Wildman–Crippen LogP) is 3.24. The predicted molar refractivity (Wildman–Crippen MR) is 84.0 cm³/mol. The topological polar surface area (TPSA) is 23.6 Å². The third-order valence-corrected chi connectivity index (χ3v) is 5.35. The Morgan fingerprint density at radius 3 is 2.24 bits per heavy atom. The summed E-state index contributed by atoms with van der Waals surface area (Å²) in [5, 5.41) is 0. The Hall–Kier alpha value is -0.640. The number of halogens is 1. The van der Waals surface area contributed by atoms with Gasteiger partial charge in [-0.1, -0.05) is 6.92 Å². The first kappa shape index (κ1) is 16.7. The van der Waals surface area contributed by atoms with Crippen molar-refractivity contribution in [3.63, 3.8) is 0 Å². The summed E-state index contributed by atoms with van der Waals surface area (Å²) < 4.78 is 15.0. The van der Waals surface area contributed by atoms with Crippen LogP contribution in [0.5, 0.6) is 0 Å². The van der Waals surface area contributed by atoms with Gasteiger partial charge in [-0.15, -0.1) is 0 Å². The lowest BCUT2D eigenvalue weighted by molar-refractivity contribution is -0.133. The number of carbonyl (C=O) groups excluding carboxylic acids is 1. The van der Waals surface area contributed by atoms with Gasteiger partial charge in [-0.25, -0.2) is 4.39 Å². The standard InChI is InChI=1S/C17H31FN2O/c1-4-16(21)20-11-7-17(18,8-12-20)13-15-5-9-19(10-6-15)14(2)3/h14-15H,4-13H2,1-3H3. The van der Waals surface area contributed by atoms with E-state index >= 15 is 4.39 Å². The molecule has 0 aromatic heterocycles. The van der Waals surface area contributed by atoms with Gasteiger partial charge in [-0.3, -0.25) is 4.79 Å². The van der Waals surface area contributed by atoms with E-state index in [-0.39, 0.29) is 5.91 Å². The Labute approximate surface area is 128 Å². The van der Waals surface area contributed by atoms with Crippen molar-refractivity contribution in [2.24, 2.45) is 5.92 Å². The maximum absolute atomic E-state index is 15.0. The first-order chi connectivity index (χ1) is 9.93. The third kappa shape index (κ3) is 4.41. The van der Waals surface area contributed by atoms with Crippen LogP contribution in [-0.4, -0.2) is 53.6 Å². The number of likely N-dealkylation sites (tertiary alicyclic amines) is 2. The van der Waals surface area contributed by atoms with Crippen molar-refractivity contribution in [3.05, 3.63) is 0 Å². The fourth-order valence-electron chi connectivity index (χ4n) is 3.78. The van der Waals surface area contributed by atoms with Gasteiger partial charge in [0.1, 0.15) is 5.67 Å². The number of carbonyl (C=O) groups is 1. The van der Waals surface area contributed by atoms with Crippen LogP contribution in [0.2, 0.25) is 0 Å². The average molecular weight is 298 g/mol. The highest BCUT2D eigenvalue weighted by Crippen LogP contribution is 2.36. The summed E-state index contributed by atoms with van der Waals surface area (Å²) in [5.41, 5.74) is -1.03. The van der Waals surface area contributed by atoms with Crippen molar-refractivity contribution in [3.8, 4) is 0 Å². The average Bonchev–Trinajstić information content (AvgIpc) is 2.47. The smallest absolute Gasteiger partial charge is 0.222 e. The van der Waals surface area contributed by atoms with Crippen LogP contribution in [0.1, 0.15) is 59.3 Å². The largest absolute Gasteiger partial charge is 0.342 e. The maximum Gasteiger partial charge on any atom is 0.222 e. The van der Waals surface area contributed by atoms with Gasteiger partial charge in [0.05, 0.1) is 0 Å². The molecule has 2 aliphatic heterocycles. The monoisotopic (exact) mass is 298 g/mol. The molecule has 0 N–H and O–H groups in total. The zero-order valence-corrected chi connectivity index (χ0v) is 13.9. The van der Waals surface area contributed by atoms with Gasteiger partial charge < -0.3 is 9.80 Å². The maximum atomic E-state index is 15.0. The number of alkyl halides is 1. The van der Waals surface area contributed by atoms with Crippen molar-refractivity contribution in [2.45, 2.75) is 71.0 Å². The first-order valence-electron chi connectivity index (χ1n) is 8.64. The minimum absolute atomic E-state index is 0.169. The third-order valence-electron chi connectivity index (χ3n) is 5.35. The van der Waals surface area contributed by atoms with Crippen molar-refractivity contribution in [1.82, 2.24) is 9.80 Å². The SMILES string of the molecule is CCC(=O)N1CCC(F)(CC2CCN(C(C)C)CC2)CC1. The summed E-state index contributed by atoms with van der Waals surface area (Å²) in [4.78, 5) is 16.0. The van der Waals surface area contributed by atoms with Crippen LogP contribution >= 0.6 is 0 Å². The molecule has 0 bridgehead atoms. The minimum atomic E-state index is -1.03. The first-order valence-corrected chi connectivity index (χ1v) is 8.64. The number of hydrogen-bond acceptors (Lipinski definition) is 2. The van der Waals surface area contributed by atoms with Crippen LogP contribution in [0, 0.1) is 5.92 Å². The molecular weight excluding hydrogens is 267 g/mol. The van der Waals surface area contributed by atoms with Crippen molar-refractivity contribution >= 4 is 5.91 Å². The van der Waals surface area contributed by atoms with Gasteiger partial charge >= 0.3 is 0 Å². The number of piperidine rings is 2. The Morgan fingerprint density at radius 2 is 1.76 bits per heavy atom. The molecule has 0 radical (unpaired) electrons. The summed E-state index contributed by atoms with van der Waals surface area (Å²) >= 11 is 0. The van der Waals surface area contributed by atoms with Crippen molar-refractivity contribution in [2.75, 3.05) is 26.2 Å². The molecule has 0 aliphatic carbocycles. The molecule has 2 aliphatic rings. The number of rotatable bonds is 4. The molecule has 2 heterocycles. The van der Waals surface area contributed by atoms with E-state index in [9.17, 15) is 4.79 Å². The molecule has 0 aromatic carbocycles. The van der Waals surface area contributed by atoms with Gasteiger partial charge in [0.2, 0.25) is 5.91 Å². The van der Waals surface area contributed by atoms with Crippen LogP contribution in [0.3, 0.4) is 0 Å². The molecule has 0 saturated carbocycles. The number of nitrogens with zero attached hydrogens (tertiary/aromatic N) is 2. The van der Waals surface area contributed by atoms with E-state index in [0.717, 1.165) is 25.9 Å². The molecule has 2 saturated heterocycles. The molecule has 3 nitrogen and oxygen atoms in total. The highest BCUT2D eigenvalue weighted by atomic mass is 19.1. The summed E-state index contributed by atoms with van der Waals surface area (Å²) in [6, 6.07) is 0.605. The zero-order chi connectivity index (χ0) is 15.5. The number of amides is 1. The van der Waals surface area contributed by atoms with E-state index in [1.807, 2.05) is 11.8 Å². The minimum Gasteiger partial charge on any atom is -0.342 e. The molecule has 2 rings (SSSR count). The lowest BCUT2D eigenvalue weighted by Gasteiger charge is -2.41. The molecule has 0 atom stereocenters. The van der Waals surface area contributed by atoms with Crippen LogP contribution < -0.4 is 0 Å². The molecule has 0 unspecified atom stereocenters. The van der Waals surface area contributed by atoms with E-state index in [0.29, 0.717) is 50.7 Å². The highest BCUT2D eigenvalue weighted by Gasteiger charge is 2.38. The van der Waals surface area contributed by atoms with Gasteiger partial charge in [0, 0.05) is 25.6 Å². The quantitative estimate of drug-likeness (QED) is 0.795. The molecule has 122 valence electrons. The normalized spacial score (nSPS) is 24.5. The molecule has 4 heteroatoms. The second kappa shape index (κ2) is 7.08. The molecule has 0 spiro atoms. The van der Waals surface area contributed by atoms with E-state index < -0.39 is 5.67 Å². The van der Waals surface area contributed by atoms with E-state index in [2.05, 4.69) is 18.7 Å². The molecule has 1 amide bonds. The lowest BCUT2D eigenvalue weighted by Crippen LogP contribution is -2.46. The van der Waals surface area contributed by atoms with Crippen LogP contribution in [0.15, 0.2) is 0 Å². The lowest BCUT2D eigenvalue weighted by atomic mass is 9.80. The van der Waals surface area contributed by atoms with E-state index in [4.69, 9.17) is 0 Å². The molecule has 21 heavy (non-hydrogen) atoms. The van der Waals surface area contributed by atoms with Crippen molar-refractivity contribution in [1.29, 1.82) is 0 Å². The zero-order valence-electron chi connectivity index (χ0n) is 13.9. The Kier molecular flexibility index (Phi) is 5.64. The van der Waals surface area contributed by atoms with Crippen molar-refractivity contribution < 1.29 is 9.18 Å². The highest BCUT2D eigenvalue weighted by molar-refractivity contribution is 5.75. The Bertz CT molecular complexity index is 343. The summed E-state index contributed by atoms with van der Waals surface area (Å²) in [7, 11) is 0. The Morgan fingerprint density at radius 1 is 1.19 bits per heavy atom. The second-order valence-corrected chi connectivity index (χ2v) is 7.16. The number of hydrogen-bond donors (Lipinski definition) is 0. The summed E-state index contributed by atoms with van der Waals surface area (Å²) in [6.45, 7) is 9.77. The van der Waals surface area contributed by atoms with Gasteiger partial charge in [0.15, 0.2) is 0 Å². The van der Waals surface area contributed by atoms with Crippen LogP contribution in [0.25, 0.3) is 0 Å². The van der Waals surface area contributed by atoms with Gasteiger partial charge in [-0.05, 0) is 65.0 Å². The molecule has 2 fully saturated rings. The van der Waals surface area contributed by atoms with E-state index in [1.165, 1.54) is 0 Å². The Balaban J connectivity index is 1.77. The van der Waals surface area contributed by atoms with E-state index in [1.54, 1.807) is 0 Å². The van der Waals surface area contributed by atoms with Gasteiger partial charge in [0.25, 0.3) is 0 Å². The second-order valence-electron chi connectivity index (χ2n) is 7.16. The summed E-state index contributed by atoms with van der Waals surface area (Å²) in [6.07, 6.45) is 4.55. The van der Waals surface area contributed by atoms with Crippen LogP contribution in [-0.2, 0) is 4.79 Å². The fraction of sp³-hybridized carbons (Fsp3) is 0.941. The fourth-order valence-corrected chi connectivity index (χ4v) is 3.78. The molecular formula is C17H31FN2O. The van der Waals surface area contributed by atoms with Gasteiger partial charge in [-0.2, -0.15) is 0 Å².